The van der Waals surface area contributed by atoms with Crippen LogP contribution in [0.1, 0.15) is 35.3 Å². The zero-order valence-corrected chi connectivity index (χ0v) is 14.1. The third-order valence-electron chi connectivity index (χ3n) is 4.40. The Hall–Kier alpha value is -2.42. The summed E-state index contributed by atoms with van der Waals surface area (Å²) in [5.41, 5.74) is -0.513. The van der Waals surface area contributed by atoms with E-state index in [-0.39, 0.29) is 17.3 Å². The predicted molar refractivity (Wildman–Crippen MR) is 88.9 cm³/mol. The summed E-state index contributed by atoms with van der Waals surface area (Å²) in [4.78, 5) is 12.1. The monoisotopic (exact) mass is 367 g/mol. The number of amides is 1. The molecule has 140 valence electrons. The summed E-state index contributed by atoms with van der Waals surface area (Å²) in [6, 6.07) is 4.71. The minimum Gasteiger partial charge on any atom is -0.351 e. The summed E-state index contributed by atoms with van der Waals surface area (Å²) in [6.45, 7) is 2.53. The Labute approximate surface area is 148 Å². The van der Waals surface area contributed by atoms with Gasteiger partial charge in [-0.05, 0) is 56.5 Å². The lowest BCUT2D eigenvalue weighted by Gasteiger charge is -2.22. The number of nitrogens with zero attached hydrogens (tertiary/aromatic N) is 3. The molecule has 1 aromatic carbocycles. The van der Waals surface area contributed by atoms with E-state index in [1.165, 1.54) is 18.3 Å². The second-order valence-electron chi connectivity index (χ2n) is 6.35. The first kappa shape index (κ1) is 18.4. The van der Waals surface area contributed by atoms with Crippen LogP contribution in [0.25, 0.3) is 5.69 Å². The molecule has 1 aliphatic rings. The molecule has 1 saturated heterocycles. The van der Waals surface area contributed by atoms with E-state index in [0.717, 1.165) is 49.2 Å². The molecule has 26 heavy (non-hydrogen) atoms. The summed E-state index contributed by atoms with van der Waals surface area (Å²) in [5, 5.41) is 13.6. The minimum atomic E-state index is -4.44. The molecule has 3 rings (SSSR count). The van der Waals surface area contributed by atoms with Gasteiger partial charge in [-0.2, -0.15) is 13.2 Å². The van der Waals surface area contributed by atoms with Gasteiger partial charge < -0.3 is 10.6 Å². The molecular weight excluding hydrogens is 347 g/mol. The van der Waals surface area contributed by atoms with E-state index in [4.69, 9.17) is 0 Å². The number of carbonyl (C=O) groups is 1. The van der Waals surface area contributed by atoms with Gasteiger partial charge in [0.25, 0.3) is 5.91 Å². The molecule has 0 saturated carbocycles. The van der Waals surface area contributed by atoms with Crippen LogP contribution in [0.5, 0.6) is 0 Å². The second kappa shape index (κ2) is 7.86. The van der Waals surface area contributed by atoms with Crippen LogP contribution in [0, 0.1) is 5.92 Å². The fourth-order valence-corrected chi connectivity index (χ4v) is 2.97. The third-order valence-corrected chi connectivity index (χ3v) is 4.40. The molecule has 0 bridgehead atoms. The highest BCUT2D eigenvalue weighted by molar-refractivity contribution is 5.91. The van der Waals surface area contributed by atoms with Crippen LogP contribution in [0.3, 0.4) is 0 Å². The van der Waals surface area contributed by atoms with Crippen LogP contribution in [-0.2, 0) is 6.18 Å². The molecule has 1 amide bonds. The topological polar surface area (TPSA) is 71.8 Å². The van der Waals surface area contributed by atoms with Gasteiger partial charge in [0.1, 0.15) is 0 Å². The molecule has 9 heteroatoms. The molecule has 2 N–H and O–H groups in total. The molecule has 0 spiro atoms. The Morgan fingerprint density at radius 1 is 1.38 bits per heavy atom. The number of benzene rings is 1. The molecule has 1 aliphatic heterocycles. The van der Waals surface area contributed by atoms with Crippen LogP contribution in [-0.4, -0.2) is 40.5 Å². The van der Waals surface area contributed by atoms with Crippen molar-refractivity contribution in [3.8, 4) is 5.69 Å². The first-order valence-corrected chi connectivity index (χ1v) is 8.52. The van der Waals surface area contributed by atoms with Gasteiger partial charge in [0.15, 0.2) is 5.69 Å². The Bertz CT molecular complexity index is 753. The van der Waals surface area contributed by atoms with E-state index in [2.05, 4.69) is 20.9 Å². The lowest BCUT2D eigenvalue weighted by molar-refractivity contribution is -0.137. The SMILES string of the molecule is O=C(NCCC1CCCNC1)c1cn(-c2cccc(C(F)(F)F)c2)nn1. The number of aromatic nitrogens is 3. The summed E-state index contributed by atoms with van der Waals surface area (Å²) in [6.07, 6.45) is 0.0524. The van der Waals surface area contributed by atoms with Crippen molar-refractivity contribution in [3.05, 3.63) is 41.7 Å². The maximum atomic E-state index is 12.8. The van der Waals surface area contributed by atoms with Gasteiger partial charge in [-0.3, -0.25) is 4.79 Å². The molecule has 1 fully saturated rings. The molecular formula is C17H20F3N5O. The largest absolute Gasteiger partial charge is 0.416 e. The number of halogens is 3. The number of nitrogens with one attached hydrogen (secondary N) is 2. The molecule has 2 aromatic rings. The summed E-state index contributed by atoms with van der Waals surface area (Å²) < 4.78 is 39.5. The smallest absolute Gasteiger partial charge is 0.351 e. The maximum Gasteiger partial charge on any atom is 0.416 e. The van der Waals surface area contributed by atoms with Crippen LogP contribution in [0.15, 0.2) is 30.5 Å². The Morgan fingerprint density at radius 3 is 2.96 bits per heavy atom. The van der Waals surface area contributed by atoms with Gasteiger partial charge >= 0.3 is 6.18 Å². The lowest BCUT2D eigenvalue weighted by atomic mass is 9.96. The van der Waals surface area contributed by atoms with Gasteiger partial charge in [-0.25, -0.2) is 4.68 Å². The number of rotatable bonds is 5. The van der Waals surface area contributed by atoms with E-state index in [1.54, 1.807) is 0 Å². The van der Waals surface area contributed by atoms with Crippen molar-refractivity contribution in [1.82, 2.24) is 25.6 Å². The van der Waals surface area contributed by atoms with E-state index < -0.39 is 11.7 Å². The van der Waals surface area contributed by atoms with Gasteiger partial charge in [0, 0.05) is 6.54 Å². The lowest BCUT2D eigenvalue weighted by Crippen LogP contribution is -2.33. The van der Waals surface area contributed by atoms with Gasteiger partial charge in [-0.1, -0.05) is 11.3 Å². The highest BCUT2D eigenvalue weighted by atomic mass is 19.4. The van der Waals surface area contributed by atoms with E-state index in [1.807, 2.05) is 0 Å². The number of hydrogen-bond acceptors (Lipinski definition) is 4. The van der Waals surface area contributed by atoms with Crippen molar-refractivity contribution < 1.29 is 18.0 Å². The zero-order valence-electron chi connectivity index (χ0n) is 14.1. The average Bonchev–Trinajstić information content (AvgIpc) is 3.12. The third kappa shape index (κ3) is 4.60. The Kier molecular flexibility index (Phi) is 5.55. The number of hydrogen-bond donors (Lipinski definition) is 2. The minimum absolute atomic E-state index is 0.0733. The zero-order chi connectivity index (χ0) is 18.6. The van der Waals surface area contributed by atoms with Gasteiger partial charge in [0.05, 0.1) is 17.4 Å². The summed E-state index contributed by atoms with van der Waals surface area (Å²) in [7, 11) is 0. The normalized spacial score (nSPS) is 17.9. The second-order valence-corrected chi connectivity index (χ2v) is 6.35. The maximum absolute atomic E-state index is 12.8. The van der Waals surface area contributed by atoms with E-state index in [9.17, 15) is 18.0 Å². The Balaban J connectivity index is 1.59. The molecule has 0 radical (unpaired) electrons. The van der Waals surface area contributed by atoms with Crippen molar-refractivity contribution >= 4 is 5.91 Å². The van der Waals surface area contributed by atoms with Crippen molar-refractivity contribution in [2.45, 2.75) is 25.4 Å². The molecule has 2 heterocycles. The fraction of sp³-hybridized carbons (Fsp3) is 0.471. The van der Waals surface area contributed by atoms with Gasteiger partial charge in [0.2, 0.25) is 0 Å². The first-order valence-electron chi connectivity index (χ1n) is 8.52. The molecule has 0 aliphatic carbocycles. The predicted octanol–water partition coefficient (Wildman–Crippen LogP) is 2.41. The molecule has 1 unspecified atom stereocenters. The van der Waals surface area contributed by atoms with Crippen LogP contribution in [0.2, 0.25) is 0 Å². The highest BCUT2D eigenvalue weighted by Crippen LogP contribution is 2.30. The average molecular weight is 367 g/mol. The van der Waals surface area contributed by atoms with Crippen LogP contribution >= 0.6 is 0 Å². The first-order chi connectivity index (χ1) is 12.4. The highest BCUT2D eigenvalue weighted by Gasteiger charge is 2.30. The summed E-state index contributed by atoms with van der Waals surface area (Å²) >= 11 is 0. The fourth-order valence-electron chi connectivity index (χ4n) is 2.97. The molecule has 6 nitrogen and oxygen atoms in total. The van der Waals surface area contributed by atoms with E-state index >= 15 is 0 Å². The number of carbonyl (C=O) groups excluding carboxylic acids is 1. The van der Waals surface area contributed by atoms with E-state index in [0.29, 0.717) is 12.5 Å². The summed E-state index contributed by atoms with van der Waals surface area (Å²) in [5.74, 6) is 0.164. The number of alkyl halides is 3. The Morgan fingerprint density at radius 2 is 2.23 bits per heavy atom. The van der Waals surface area contributed by atoms with Crippen molar-refractivity contribution in [2.75, 3.05) is 19.6 Å². The van der Waals surface area contributed by atoms with Crippen molar-refractivity contribution in [2.24, 2.45) is 5.92 Å². The van der Waals surface area contributed by atoms with Crippen LogP contribution in [0.4, 0.5) is 13.2 Å². The molecule has 1 aromatic heterocycles. The van der Waals surface area contributed by atoms with Crippen LogP contribution < -0.4 is 10.6 Å². The number of piperidine rings is 1. The molecule has 1 atom stereocenters. The quantitative estimate of drug-likeness (QED) is 0.851. The standard InChI is InChI=1S/C17H20F3N5O/c18-17(19,20)13-4-1-5-14(9-13)25-11-15(23-24-25)16(26)22-8-6-12-3-2-7-21-10-12/h1,4-5,9,11-12,21H,2-3,6-8,10H2,(H,22,26). The van der Waals surface area contributed by atoms with Crippen molar-refractivity contribution in [3.63, 3.8) is 0 Å². The van der Waals surface area contributed by atoms with Gasteiger partial charge in [-0.15, -0.1) is 5.10 Å². The van der Waals surface area contributed by atoms with Crippen molar-refractivity contribution in [1.29, 1.82) is 0 Å².